The van der Waals surface area contributed by atoms with Crippen molar-refractivity contribution in [2.24, 2.45) is 4.99 Å². The fraction of sp³-hybridized carbons (Fsp3) is 0.571. The first kappa shape index (κ1) is 19.4. The number of nitrogens with one attached hydrogen (secondary N) is 2. The molecule has 1 aliphatic heterocycles. The summed E-state index contributed by atoms with van der Waals surface area (Å²) in [5.41, 5.74) is 2.91. The molecule has 0 unspecified atom stereocenters. The summed E-state index contributed by atoms with van der Waals surface area (Å²) in [6, 6.07) is 9.10. The summed E-state index contributed by atoms with van der Waals surface area (Å²) in [6.45, 7) is 10.3. The van der Waals surface area contributed by atoms with Gasteiger partial charge in [0.1, 0.15) is 0 Å². The first-order valence-corrected chi connectivity index (χ1v) is 10.4. The van der Waals surface area contributed by atoms with Crippen LogP contribution in [0, 0.1) is 0 Å². The molecule has 0 amide bonds. The van der Waals surface area contributed by atoms with Gasteiger partial charge in [0.2, 0.25) is 0 Å². The Morgan fingerprint density at radius 2 is 2.00 bits per heavy atom. The normalized spacial score (nSPS) is 20.7. The van der Waals surface area contributed by atoms with Gasteiger partial charge in [-0.25, -0.2) is 0 Å². The molecule has 1 aliphatic carbocycles. The Hall–Kier alpha value is -1.33. The Morgan fingerprint density at radius 1 is 1.31 bits per heavy atom. The zero-order chi connectivity index (χ0) is 18.6. The number of rotatable bonds is 6. The lowest BCUT2D eigenvalue weighted by Gasteiger charge is -2.33. The van der Waals surface area contributed by atoms with Crippen LogP contribution in [0.3, 0.4) is 0 Å². The smallest absolute Gasteiger partial charge is 0.191 e. The second kappa shape index (κ2) is 8.57. The minimum atomic E-state index is 0.253. The molecule has 1 saturated carbocycles. The zero-order valence-corrected chi connectivity index (χ0v) is 17.6. The lowest BCUT2D eigenvalue weighted by molar-refractivity contribution is 0.221. The number of nitrogens with zero attached hydrogens (tertiary/aromatic N) is 2. The van der Waals surface area contributed by atoms with E-state index in [1.807, 2.05) is 7.05 Å². The molecular weight excluding hydrogens is 388 g/mol. The highest BCUT2D eigenvalue weighted by Crippen LogP contribution is 2.49. The average molecular weight is 419 g/mol. The predicted octanol–water partition coefficient (Wildman–Crippen LogP) is 3.69. The number of guanidine groups is 1. The molecule has 26 heavy (non-hydrogen) atoms. The molecule has 0 bridgehead atoms. The summed E-state index contributed by atoms with van der Waals surface area (Å²) < 4.78 is 1.21. The molecule has 1 saturated heterocycles. The lowest BCUT2D eigenvalue weighted by Crippen LogP contribution is -2.50. The van der Waals surface area contributed by atoms with Crippen LogP contribution in [-0.4, -0.2) is 50.1 Å². The van der Waals surface area contributed by atoms with Gasteiger partial charge >= 0.3 is 0 Å². The summed E-state index contributed by atoms with van der Waals surface area (Å²) >= 11 is 3.71. The topological polar surface area (TPSA) is 39.7 Å². The van der Waals surface area contributed by atoms with E-state index in [-0.39, 0.29) is 5.41 Å². The maximum absolute atomic E-state index is 4.45. The Labute approximate surface area is 166 Å². The minimum Gasteiger partial charge on any atom is -0.356 e. The predicted molar refractivity (Wildman–Crippen MR) is 114 cm³/mol. The van der Waals surface area contributed by atoms with E-state index in [2.05, 4.69) is 74.2 Å². The Bertz CT molecular complexity index is 658. The molecule has 2 N–H and O–H groups in total. The summed E-state index contributed by atoms with van der Waals surface area (Å²) in [7, 11) is 1.86. The van der Waals surface area contributed by atoms with Crippen molar-refractivity contribution in [2.45, 2.75) is 44.1 Å². The fourth-order valence-electron chi connectivity index (χ4n) is 3.84. The average Bonchev–Trinajstić information content (AvgIpc) is 3.41. The van der Waals surface area contributed by atoms with Crippen molar-refractivity contribution in [1.29, 1.82) is 0 Å². The molecule has 5 heteroatoms. The quantitative estimate of drug-likeness (QED) is 0.420. The molecule has 3 rings (SSSR count). The van der Waals surface area contributed by atoms with Crippen LogP contribution in [0.25, 0.3) is 0 Å². The van der Waals surface area contributed by atoms with Crippen LogP contribution in [0.5, 0.6) is 0 Å². The van der Waals surface area contributed by atoms with Crippen LogP contribution in [-0.2, 0) is 5.41 Å². The summed E-state index contributed by atoms with van der Waals surface area (Å²) in [4.78, 5) is 6.94. The lowest BCUT2D eigenvalue weighted by atomic mass is 9.96. The van der Waals surface area contributed by atoms with Gasteiger partial charge in [0, 0.05) is 49.2 Å². The molecule has 0 radical (unpaired) electrons. The first-order valence-electron chi connectivity index (χ1n) is 9.61. The summed E-state index contributed by atoms with van der Waals surface area (Å²) in [6.07, 6.45) is 4.78. The second-order valence-electron chi connectivity index (χ2n) is 7.84. The number of aliphatic imine (C=N–C) groups is 1. The molecule has 142 valence electrons. The van der Waals surface area contributed by atoms with Gasteiger partial charge in [-0.05, 0) is 44.2 Å². The first-order chi connectivity index (χ1) is 12.5. The van der Waals surface area contributed by atoms with Crippen LogP contribution in [0.1, 0.15) is 38.2 Å². The zero-order valence-electron chi connectivity index (χ0n) is 16.0. The van der Waals surface area contributed by atoms with Gasteiger partial charge < -0.3 is 10.6 Å². The maximum atomic E-state index is 4.45. The second-order valence-corrected chi connectivity index (χ2v) is 8.69. The van der Waals surface area contributed by atoms with Gasteiger partial charge in [0.05, 0.1) is 0 Å². The number of hydrogen-bond donors (Lipinski definition) is 2. The van der Waals surface area contributed by atoms with E-state index in [0.29, 0.717) is 6.04 Å². The maximum Gasteiger partial charge on any atom is 0.191 e. The number of hydrogen-bond acceptors (Lipinski definition) is 2. The highest BCUT2D eigenvalue weighted by atomic mass is 79.9. The standard InChI is InChI=1S/C21H31BrN4/c1-16(2)14-26-12-8-17(9-13-26)25-20(23-3)24-15-21(10-11-21)18-6-4-5-7-19(18)22/h4-7,17H,1,8-15H2,2-3H3,(H2,23,24,25). The SMILES string of the molecule is C=C(C)CN1CCC(NC(=NC)NCC2(c3ccccc3Br)CC2)CC1. The Kier molecular flexibility index (Phi) is 6.41. The van der Waals surface area contributed by atoms with Crippen molar-refractivity contribution < 1.29 is 0 Å². The van der Waals surface area contributed by atoms with E-state index in [4.69, 9.17) is 0 Å². The highest BCUT2D eigenvalue weighted by Gasteiger charge is 2.45. The number of benzene rings is 1. The Balaban J connectivity index is 1.49. The molecule has 1 heterocycles. The Morgan fingerprint density at radius 3 is 2.58 bits per heavy atom. The van der Waals surface area contributed by atoms with E-state index >= 15 is 0 Å². The summed E-state index contributed by atoms with van der Waals surface area (Å²) in [5.74, 6) is 0.932. The van der Waals surface area contributed by atoms with Crippen LogP contribution < -0.4 is 10.6 Å². The molecule has 1 aromatic carbocycles. The van der Waals surface area contributed by atoms with Crippen molar-refractivity contribution in [3.63, 3.8) is 0 Å². The third-order valence-corrected chi connectivity index (χ3v) is 6.23. The van der Waals surface area contributed by atoms with Crippen LogP contribution in [0.2, 0.25) is 0 Å². The van der Waals surface area contributed by atoms with Crippen molar-refractivity contribution in [1.82, 2.24) is 15.5 Å². The van der Waals surface area contributed by atoms with Crippen LogP contribution >= 0.6 is 15.9 Å². The molecule has 2 fully saturated rings. The molecule has 0 atom stereocenters. The van der Waals surface area contributed by atoms with Crippen molar-refractivity contribution in [2.75, 3.05) is 33.2 Å². The fourth-order valence-corrected chi connectivity index (χ4v) is 4.55. The molecule has 4 nitrogen and oxygen atoms in total. The molecule has 0 spiro atoms. The van der Waals surface area contributed by atoms with Gasteiger partial charge in [0.25, 0.3) is 0 Å². The molecule has 0 aromatic heterocycles. The molecular formula is C21H31BrN4. The third-order valence-electron chi connectivity index (χ3n) is 5.54. The monoisotopic (exact) mass is 418 g/mol. The highest BCUT2D eigenvalue weighted by molar-refractivity contribution is 9.10. The third kappa shape index (κ3) is 4.89. The molecule has 2 aliphatic rings. The van der Waals surface area contributed by atoms with Crippen LogP contribution in [0.4, 0.5) is 0 Å². The van der Waals surface area contributed by atoms with E-state index in [0.717, 1.165) is 45.0 Å². The van der Waals surface area contributed by atoms with E-state index in [1.165, 1.54) is 28.5 Å². The van der Waals surface area contributed by atoms with Gasteiger partial charge in [-0.2, -0.15) is 0 Å². The number of likely N-dealkylation sites (tertiary alicyclic amines) is 1. The number of halogens is 1. The van der Waals surface area contributed by atoms with Gasteiger partial charge in [-0.3, -0.25) is 9.89 Å². The minimum absolute atomic E-state index is 0.253. The number of piperidine rings is 1. The van der Waals surface area contributed by atoms with E-state index in [1.54, 1.807) is 0 Å². The van der Waals surface area contributed by atoms with Crippen molar-refractivity contribution >= 4 is 21.9 Å². The molecule has 1 aromatic rings. The van der Waals surface area contributed by atoms with Crippen molar-refractivity contribution in [3.8, 4) is 0 Å². The summed E-state index contributed by atoms with van der Waals surface area (Å²) in [5, 5.41) is 7.20. The van der Waals surface area contributed by atoms with Crippen molar-refractivity contribution in [3.05, 3.63) is 46.5 Å². The van der Waals surface area contributed by atoms with Gasteiger partial charge in [-0.1, -0.05) is 46.3 Å². The van der Waals surface area contributed by atoms with Gasteiger partial charge in [-0.15, -0.1) is 0 Å². The van der Waals surface area contributed by atoms with Crippen LogP contribution in [0.15, 0.2) is 45.9 Å². The largest absolute Gasteiger partial charge is 0.356 e. The van der Waals surface area contributed by atoms with E-state index in [9.17, 15) is 0 Å². The van der Waals surface area contributed by atoms with Gasteiger partial charge in [0.15, 0.2) is 5.96 Å². The van der Waals surface area contributed by atoms with E-state index < -0.39 is 0 Å².